The minimum atomic E-state index is -0.438. The largest absolute Gasteiger partial charge is 0.461 e. The van der Waals surface area contributed by atoms with Crippen LogP contribution in [0.5, 0.6) is 0 Å². The number of carbonyl (C=O) groups excluding carboxylic acids is 6. The molecule has 0 bridgehead atoms. The molecule has 0 spiro atoms. The minimum Gasteiger partial charge on any atom is -0.461 e. The zero-order valence-electron chi connectivity index (χ0n) is 34.1. The van der Waals surface area contributed by atoms with Gasteiger partial charge in [-0.2, -0.15) is 0 Å². The molecule has 0 aromatic rings. The molecule has 0 aromatic heterocycles. The van der Waals surface area contributed by atoms with Crippen molar-refractivity contribution in [1.82, 2.24) is 10.6 Å². The van der Waals surface area contributed by atoms with Crippen LogP contribution in [0.25, 0.3) is 0 Å². The van der Waals surface area contributed by atoms with Crippen LogP contribution in [0.3, 0.4) is 0 Å². The molecule has 6 aliphatic rings. The highest BCUT2D eigenvalue weighted by Gasteiger charge is 2.62. The van der Waals surface area contributed by atoms with E-state index in [0.717, 1.165) is 62.5 Å². The van der Waals surface area contributed by atoms with Crippen LogP contribution < -0.4 is 10.6 Å². The van der Waals surface area contributed by atoms with E-state index in [4.69, 9.17) is 28.4 Å². The molecule has 4 heterocycles. The average Bonchev–Trinajstić information content (AvgIpc) is 4.01. The third-order valence-electron chi connectivity index (χ3n) is 12.6. The second-order valence-corrected chi connectivity index (χ2v) is 17.0. The molecule has 2 aliphatic carbocycles. The molecule has 0 saturated carbocycles. The molecule has 0 aromatic carbocycles. The number of hydrogen-bond donors (Lipinski definition) is 2. The Bertz CT molecular complexity index is 1580. The van der Waals surface area contributed by atoms with E-state index >= 15 is 0 Å². The highest BCUT2D eigenvalue weighted by atomic mass is 16.7. The Kier molecular flexibility index (Phi) is 14.3. The van der Waals surface area contributed by atoms with Gasteiger partial charge in [-0.05, 0) is 89.2 Å². The summed E-state index contributed by atoms with van der Waals surface area (Å²) in [4.78, 5) is 73.9. The van der Waals surface area contributed by atoms with Gasteiger partial charge in [-0.3, -0.25) is 19.2 Å². The summed E-state index contributed by atoms with van der Waals surface area (Å²) < 4.78 is 34.1. The first-order valence-electron chi connectivity index (χ1n) is 21.1. The Morgan fingerprint density at radius 2 is 1.09 bits per heavy atom. The minimum absolute atomic E-state index is 0.0140. The van der Waals surface area contributed by atoms with Crippen LogP contribution in [0.15, 0.2) is 47.6 Å². The Morgan fingerprint density at radius 3 is 1.50 bits per heavy atom. The maximum atomic E-state index is 12.4. The second-order valence-electron chi connectivity index (χ2n) is 17.0. The number of fused-ring (bicyclic) bond motifs is 6. The smallest absolute Gasteiger partial charge is 0.334 e. The highest BCUT2D eigenvalue weighted by molar-refractivity contribution is 5.91. The molecule has 6 rings (SSSR count). The van der Waals surface area contributed by atoms with Crippen molar-refractivity contribution < 1.29 is 57.2 Å². The lowest BCUT2D eigenvalue weighted by atomic mass is 9.84. The van der Waals surface area contributed by atoms with E-state index < -0.39 is 11.9 Å². The number of carbonyl (C=O) groups is 6. The van der Waals surface area contributed by atoms with Crippen LogP contribution in [-0.4, -0.2) is 97.6 Å². The van der Waals surface area contributed by atoms with Gasteiger partial charge < -0.3 is 39.1 Å². The maximum absolute atomic E-state index is 12.4. The molecular formula is C44H60N2O12. The van der Waals surface area contributed by atoms with Crippen LogP contribution >= 0.6 is 0 Å². The van der Waals surface area contributed by atoms with E-state index in [1.165, 1.54) is 0 Å². The van der Waals surface area contributed by atoms with E-state index in [1.807, 2.05) is 13.8 Å². The van der Waals surface area contributed by atoms with E-state index in [-0.39, 0.29) is 110 Å². The maximum Gasteiger partial charge on any atom is 0.334 e. The fraction of sp³-hybridized carbons (Fsp3) is 0.682. The molecule has 58 heavy (non-hydrogen) atoms. The summed E-state index contributed by atoms with van der Waals surface area (Å²) in [6.45, 7) is 13.2. The van der Waals surface area contributed by atoms with Crippen LogP contribution in [0.4, 0.5) is 0 Å². The molecular weight excluding hydrogens is 748 g/mol. The predicted molar refractivity (Wildman–Crippen MR) is 210 cm³/mol. The average molecular weight is 809 g/mol. The zero-order valence-corrected chi connectivity index (χ0v) is 34.1. The van der Waals surface area contributed by atoms with Crippen molar-refractivity contribution in [3.05, 3.63) is 47.6 Å². The third-order valence-corrected chi connectivity index (χ3v) is 12.6. The lowest BCUT2D eigenvalue weighted by Crippen LogP contribution is -2.29. The number of nitrogens with one attached hydrogen (secondary N) is 2. The molecule has 4 fully saturated rings. The van der Waals surface area contributed by atoms with Gasteiger partial charge >= 0.3 is 23.9 Å². The number of hydrogen-bond acceptors (Lipinski definition) is 12. The topological polar surface area (TPSA) is 188 Å². The van der Waals surface area contributed by atoms with Gasteiger partial charge in [-0.25, -0.2) is 9.59 Å². The first-order valence-corrected chi connectivity index (χ1v) is 21.1. The van der Waals surface area contributed by atoms with E-state index in [9.17, 15) is 28.8 Å². The summed E-state index contributed by atoms with van der Waals surface area (Å²) >= 11 is 0. The van der Waals surface area contributed by atoms with Crippen molar-refractivity contribution in [2.75, 3.05) is 26.3 Å². The third kappa shape index (κ3) is 11.2. The van der Waals surface area contributed by atoms with E-state index in [2.05, 4.69) is 35.9 Å². The van der Waals surface area contributed by atoms with Gasteiger partial charge in [-0.1, -0.05) is 38.2 Å². The van der Waals surface area contributed by atoms with Gasteiger partial charge in [0.25, 0.3) is 0 Å². The fourth-order valence-corrected chi connectivity index (χ4v) is 8.66. The molecule has 14 nitrogen and oxygen atoms in total. The first kappa shape index (κ1) is 43.3. The lowest BCUT2D eigenvalue weighted by Gasteiger charge is -2.20. The van der Waals surface area contributed by atoms with Crippen LogP contribution in [0, 0.1) is 11.8 Å². The van der Waals surface area contributed by atoms with Crippen molar-refractivity contribution in [2.24, 2.45) is 11.8 Å². The Balaban J connectivity index is 0.759. The Hall–Kier alpha value is -4.30. The number of esters is 4. The SMILES string of the molecule is C=C1C(=O)O[C@H]2[C@H]1CC/C(COC(=O)CCC(=O)NCCCCCCNC(=O)CCC(=O)OC/C1=C/CC[C@@]3(C)O[C@H]3[C@H]3OC(=O)C(=C)[C@@H]3CC1)=C\CC[C@@]1(C)O[C@@H]21. The molecule has 2 amide bonds. The molecule has 0 radical (unpaired) electrons. The van der Waals surface area contributed by atoms with Crippen molar-refractivity contribution in [2.45, 2.75) is 152 Å². The van der Waals surface area contributed by atoms with Gasteiger partial charge in [-0.15, -0.1) is 0 Å². The number of amides is 2. The monoisotopic (exact) mass is 808 g/mol. The number of allylic oxidation sites excluding steroid dienone is 2. The summed E-state index contributed by atoms with van der Waals surface area (Å²) in [6.07, 6.45) is 12.3. The van der Waals surface area contributed by atoms with Gasteiger partial charge in [0.05, 0.1) is 24.0 Å². The normalized spacial score (nSPS) is 33.2. The van der Waals surface area contributed by atoms with Crippen LogP contribution in [-0.2, 0) is 57.2 Å². The van der Waals surface area contributed by atoms with Gasteiger partial charge in [0.2, 0.25) is 11.8 Å². The summed E-state index contributed by atoms with van der Waals surface area (Å²) in [5.74, 6) is -2.28. The van der Waals surface area contributed by atoms with Crippen LogP contribution in [0.1, 0.15) is 117 Å². The van der Waals surface area contributed by atoms with Crippen molar-refractivity contribution in [3.63, 3.8) is 0 Å². The fourth-order valence-electron chi connectivity index (χ4n) is 8.66. The van der Waals surface area contributed by atoms with Crippen LogP contribution in [0.2, 0.25) is 0 Å². The summed E-state index contributed by atoms with van der Waals surface area (Å²) in [5, 5.41) is 5.70. The molecule has 2 N–H and O–H groups in total. The van der Waals surface area contributed by atoms with Gasteiger partial charge in [0, 0.05) is 48.9 Å². The van der Waals surface area contributed by atoms with Crippen molar-refractivity contribution in [3.8, 4) is 0 Å². The molecule has 4 saturated heterocycles. The summed E-state index contributed by atoms with van der Waals surface area (Å²) in [5.41, 5.74) is 2.22. The predicted octanol–water partition coefficient (Wildman–Crippen LogP) is 4.94. The molecule has 8 atom stereocenters. The number of ether oxygens (including phenoxy) is 6. The lowest BCUT2D eigenvalue weighted by molar-refractivity contribution is -0.144. The zero-order chi connectivity index (χ0) is 41.5. The number of unbranched alkanes of at least 4 members (excludes halogenated alkanes) is 3. The molecule has 318 valence electrons. The second kappa shape index (κ2) is 19.2. The highest BCUT2D eigenvalue weighted by Crippen LogP contribution is 2.51. The first-order chi connectivity index (χ1) is 27.8. The quantitative estimate of drug-likeness (QED) is 0.0504. The summed E-state index contributed by atoms with van der Waals surface area (Å²) in [6, 6.07) is 0. The van der Waals surface area contributed by atoms with Crippen molar-refractivity contribution >= 4 is 35.7 Å². The Labute approximate surface area is 340 Å². The molecule has 14 heteroatoms. The van der Waals surface area contributed by atoms with Gasteiger partial charge in [0.1, 0.15) is 37.6 Å². The van der Waals surface area contributed by atoms with E-state index in [1.54, 1.807) is 0 Å². The van der Waals surface area contributed by atoms with Crippen molar-refractivity contribution in [1.29, 1.82) is 0 Å². The molecule has 0 unspecified atom stereocenters. The number of rotatable bonds is 17. The van der Waals surface area contributed by atoms with Gasteiger partial charge in [0.15, 0.2) is 0 Å². The molecule has 4 aliphatic heterocycles. The Morgan fingerprint density at radius 1 is 0.672 bits per heavy atom. The standard InChI is InChI=1S/C44H60N2O12/c1-27-31-15-13-29(11-9-21-43(3)39(57-43)37(31)55-41(27)51)25-53-35(49)19-17-33(47)45-23-7-5-6-8-24-46-34(48)18-20-36(50)54-26-30-12-10-22-44(4)40(58-44)38-32(16-14-30)28(2)42(52)56-38/h11-12,31-32,37-40H,1-2,5-10,13-26H2,3-4H3,(H,45,47)(H,46,48)/b29-11+,30-12+/t31-,32-,37-,38-,39-,40-,43+,44+/m0/s1. The summed E-state index contributed by atoms with van der Waals surface area (Å²) in [7, 11) is 0. The van der Waals surface area contributed by atoms with E-state index in [0.29, 0.717) is 49.9 Å². The number of epoxide rings is 2.